The van der Waals surface area contributed by atoms with Gasteiger partial charge < -0.3 is 10.3 Å². The smallest absolute Gasteiger partial charge is 0.267 e. The maximum absolute atomic E-state index is 11.8. The van der Waals surface area contributed by atoms with Crippen molar-refractivity contribution in [3.63, 3.8) is 0 Å². The zero-order valence-electron chi connectivity index (χ0n) is 9.17. The predicted octanol–water partition coefficient (Wildman–Crippen LogP) is 3.07. The number of benzene rings is 1. The van der Waals surface area contributed by atoms with E-state index in [1.165, 1.54) is 0 Å². The van der Waals surface area contributed by atoms with Gasteiger partial charge in [-0.15, -0.1) is 0 Å². The molecule has 0 aliphatic heterocycles. The van der Waals surface area contributed by atoms with Crippen molar-refractivity contribution in [1.82, 2.24) is 10.3 Å². The van der Waals surface area contributed by atoms with Crippen LogP contribution in [0, 0.1) is 0 Å². The standard InChI is InChI=1S/C12H13BrN2O/c1-7(2)14-12(16)11-6-8-5-9(13)3-4-10(8)15-11/h3-7,15H,1-2H3,(H,14,16). The third-order valence-electron chi connectivity index (χ3n) is 2.25. The third kappa shape index (κ3) is 2.27. The van der Waals surface area contributed by atoms with Gasteiger partial charge in [-0.3, -0.25) is 4.79 Å². The average Bonchev–Trinajstić information content (AvgIpc) is 2.59. The van der Waals surface area contributed by atoms with E-state index >= 15 is 0 Å². The number of fused-ring (bicyclic) bond motifs is 1. The Labute approximate surface area is 102 Å². The monoisotopic (exact) mass is 280 g/mol. The minimum absolute atomic E-state index is 0.0673. The van der Waals surface area contributed by atoms with Crippen LogP contribution in [0.1, 0.15) is 24.3 Å². The molecule has 0 aliphatic carbocycles. The van der Waals surface area contributed by atoms with Crippen molar-refractivity contribution >= 4 is 32.7 Å². The van der Waals surface area contributed by atoms with E-state index in [-0.39, 0.29) is 11.9 Å². The highest BCUT2D eigenvalue weighted by Gasteiger charge is 2.10. The Kier molecular flexibility index (Phi) is 3.01. The van der Waals surface area contributed by atoms with Crippen LogP contribution in [-0.2, 0) is 0 Å². The second kappa shape index (κ2) is 4.29. The molecule has 0 spiro atoms. The first-order valence-electron chi connectivity index (χ1n) is 5.15. The number of rotatable bonds is 2. The number of amides is 1. The van der Waals surface area contributed by atoms with Crippen molar-refractivity contribution in [2.75, 3.05) is 0 Å². The molecule has 0 aliphatic rings. The molecule has 84 valence electrons. The van der Waals surface area contributed by atoms with Crippen LogP contribution in [0.5, 0.6) is 0 Å². The lowest BCUT2D eigenvalue weighted by Gasteiger charge is -2.05. The molecule has 0 saturated carbocycles. The van der Waals surface area contributed by atoms with Crippen molar-refractivity contribution < 1.29 is 4.79 Å². The van der Waals surface area contributed by atoms with Gasteiger partial charge in [0.25, 0.3) is 5.91 Å². The normalized spacial score (nSPS) is 11.0. The van der Waals surface area contributed by atoms with E-state index in [2.05, 4.69) is 26.2 Å². The Balaban J connectivity index is 2.36. The van der Waals surface area contributed by atoms with Gasteiger partial charge in [0.2, 0.25) is 0 Å². The number of H-pyrrole nitrogens is 1. The van der Waals surface area contributed by atoms with Gasteiger partial charge in [-0.2, -0.15) is 0 Å². The van der Waals surface area contributed by atoms with Crippen LogP contribution in [0.2, 0.25) is 0 Å². The van der Waals surface area contributed by atoms with Gasteiger partial charge in [-0.25, -0.2) is 0 Å². The van der Waals surface area contributed by atoms with E-state index in [0.29, 0.717) is 5.69 Å². The van der Waals surface area contributed by atoms with E-state index in [4.69, 9.17) is 0 Å². The molecule has 16 heavy (non-hydrogen) atoms. The molecule has 0 unspecified atom stereocenters. The third-order valence-corrected chi connectivity index (χ3v) is 2.74. The first-order valence-corrected chi connectivity index (χ1v) is 5.94. The quantitative estimate of drug-likeness (QED) is 0.873. The molecule has 4 heteroatoms. The summed E-state index contributed by atoms with van der Waals surface area (Å²) < 4.78 is 1.01. The molecule has 0 saturated heterocycles. The van der Waals surface area contributed by atoms with Gasteiger partial charge in [0.15, 0.2) is 0 Å². The number of nitrogens with one attached hydrogen (secondary N) is 2. The molecule has 1 aromatic heterocycles. The summed E-state index contributed by atoms with van der Waals surface area (Å²) in [6.45, 7) is 3.88. The average molecular weight is 281 g/mol. The van der Waals surface area contributed by atoms with Crippen molar-refractivity contribution in [3.8, 4) is 0 Å². The van der Waals surface area contributed by atoms with Gasteiger partial charge in [-0.1, -0.05) is 15.9 Å². The Hall–Kier alpha value is -1.29. The van der Waals surface area contributed by atoms with Crippen LogP contribution in [0.25, 0.3) is 10.9 Å². The highest BCUT2D eigenvalue weighted by molar-refractivity contribution is 9.10. The van der Waals surface area contributed by atoms with Crippen LogP contribution in [-0.4, -0.2) is 16.9 Å². The minimum atomic E-state index is -0.0673. The van der Waals surface area contributed by atoms with Crippen LogP contribution in [0.4, 0.5) is 0 Å². The molecule has 1 heterocycles. The summed E-state index contributed by atoms with van der Waals surface area (Å²) in [5.41, 5.74) is 1.57. The molecule has 0 radical (unpaired) electrons. The van der Waals surface area contributed by atoms with Crippen molar-refractivity contribution in [2.45, 2.75) is 19.9 Å². The first-order chi connectivity index (χ1) is 7.56. The molecule has 3 nitrogen and oxygen atoms in total. The van der Waals surface area contributed by atoms with Crippen LogP contribution < -0.4 is 5.32 Å². The van der Waals surface area contributed by atoms with Crippen molar-refractivity contribution in [1.29, 1.82) is 0 Å². The van der Waals surface area contributed by atoms with E-state index in [9.17, 15) is 4.79 Å². The second-order valence-electron chi connectivity index (χ2n) is 4.04. The van der Waals surface area contributed by atoms with E-state index in [1.807, 2.05) is 38.1 Å². The van der Waals surface area contributed by atoms with E-state index in [1.54, 1.807) is 0 Å². The summed E-state index contributed by atoms with van der Waals surface area (Å²) in [4.78, 5) is 14.9. The number of hydrogen-bond donors (Lipinski definition) is 2. The highest BCUT2D eigenvalue weighted by Crippen LogP contribution is 2.20. The first kappa shape index (κ1) is 11.2. The number of carbonyl (C=O) groups excluding carboxylic acids is 1. The molecular formula is C12H13BrN2O. The van der Waals surface area contributed by atoms with Crippen LogP contribution >= 0.6 is 15.9 Å². The molecule has 2 aromatic rings. The fourth-order valence-corrected chi connectivity index (χ4v) is 1.94. The lowest BCUT2D eigenvalue weighted by Crippen LogP contribution is -2.30. The Bertz CT molecular complexity index is 531. The molecule has 1 aromatic carbocycles. The fraction of sp³-hybridized carbons (Fsp3) is 0.250. The Morgan fingerprint density at radius 3 is 2.81 bits per heavy atom. The molecule has 1 amide bonds. The number of aromatic amines is 1. The Morgan fingerprint density at radius 2 is 2.12 bits per heavy atom. The SMILES string of the molecule is CC(C)NC(=O)c1cc2cc(Br)ccc2[nH]1. The number of aromatic nitrogens is 1. The summed E-state index contributed by atoms with van der Waals surface area (Å²) in [7, 11) is 0. The van der Waals surface area contributed by atoms with Gasteiger partial charge in [0.1, 0.15) is 5.69 Å². The van der Waals surface area contributed by atoms with E-state index < -0.39 is 0 Å². The zero-order chi connectivity index (χ0) is 11.7. The van der Waals surface area contributed by atoms with Gasteiger partial charge in [-0.05, 0) is 38.1 Å². The molecule has 2 rings (SSSR count). The lowest BCUT2D eigenvalue weighted by atomic mass is 10.2. The lowest BCUT2D eigenvalue weighted by molar-refractivity contribution is 0.0939. The topological polar surface area (TPSA) is 44.9 Å². The summed E-state index contributed by atoms with van der Waals surface area (Å²) in [5.74, 6) is -0.0673. The van der Waals surface area contributed by atoms with Crippen LogP contribution in [0.3, 0.4) is 0 Å². The molecule has 0 atom stereocenters. The molecule has 2 N–H and O–H groups in total. The largest absolute Gasteiger partial charge is 0.351 e. The molecule has 0 fully saturated rings. The van der Waals surface area contributed by atoms with Crippen molar-refractivity contribution in [2.24, 2.45) is 0 Å². The number of halogens is 1. The maximum atomic E-state index is 11.8. The number of carbonyl (C=O) groups is 1. The fourth-order valence-electron chi connectivity index (χ4n) is 1.57. The summed E-state index contributed by atoms with van der Waals surface area (Å²) >= 11 is 3.40. The maximum Gasteiger partial charge on any atom is 0.267 e. The van der Waals surface area contributed by atoms with Crippen molar-refractivity contribution in [3.05, 3.63) is 34.4 Å². The predicted molar refractivity (Wildman–Crippen MR) is 68.6 cm³/mol. The summed E-state index contributed by atoms with van der Waals surface area (Å²) in [5, 5.41) is 3.88. The van der Waals surface area contributed by atoms with Gasteiger partial charge >= 0.3 is 0 Å². The van der Waals surface area contributed by atoms with Gasteiger partial charge in [0.05, 0.1) is 0 Å². The zero-order valence-corrected chi connectivity index (χ0v) is 10.8. The van der Waals surface area contributed by atoms with E-state index in [0.717, 1.165) is 15.4 Å². The minimum Gasteiger partial charge on any atom is -0.351 e. The van der Waals surface area contributed by atoms with Crippen LogP contribution in [0.15, 0.2) is 28.7 Å². The highest BCUT2D eigenvalue weighted by atomic mass is 79.9. The molecule has 0 bridgehead atoms. The van der Waals surface area contributed by atoms with Gasteiger partial charge in [0, 0.05) is 21.4 Å². The molecular weight excluding hydrogens is 268 g/mol. The summed E-state index contributed by atoms with van der Waals surface area (Å²) in [6.07, 6.45) is 0. The summed E-state index contributed by atoms with van der Waals surface area (Å²) in [6, 6.07) is 7.88. The number of hydrogen-bond acceptors (Lipinski definition) is 1. The second-order valence-corrected chi connectivity index (χ2v) is 4.96. The Morgan fingerprint density at radius 1 is 1.38 bits per heavy atom.